The van der Waals surface area contributed by atoms with Crippen LogP contribution in [0.15, 0.2) is 30.3 Å². The number of hydrogen-bond acceptors (Lipinski definition) is 4. The molecule has 3 rings (SSSR count). The topological polar surface area (TPSA) is 47.0 Å². The minimum absolute atomic E-state index is 0.220. The van der Waals surface area contributed by atoms with Crippen LogP contribution in [0.2, 0.25) is 0 Å². The highest BCUT2D eigenvalue weighted by molar-refractivity contribution is 5.77. The zero-order valence-electron chi connectivity index (χ0n) is 14.3. The Hall–Kier alpha value is -1.73. The molecule has 0 spiro atoms. The quantitative estimate of drug-likeness (QED) is 0.870. The third-order valence-corrected chi connectivity index (χ3v) is 5.04. The summed E-state index contributed by atoms with van der Waals surface area (Å²) >= 11 is 0. The van der Waals surface area contributed by atoms with Gasteiger partial charge in [0.25, 0.3) is 5.92 Å². The number of aliphatic hydroxyl groups excluding tert-OH is 1. The molecule has 2 saturated heterocycles. The summed E-state index contributed by atoms with van der Waals surface area (Å²) in [6.45, 7) is 3.07. The van der Waals surface area contributed by atoms with E-state index in [1.165, 1.54) is 5.69 Å². The fourth-order valence-corrected chi connectivity index (χ4v) is 3.62. The molecule has 138 valence electrons. The maximum absolute atomic E-state index is 13.5. The molecule has 2 fully saturated rings. The molecule has 1 aromatic carbocycles. The Morgan fingerprint density at radius 1 is 1.16 bits per heavy atom. The van der Waals surface area contributed by atoms with Crippen molar-refractivity contribution in [2.75, 3.05) is 50.8 Å². The average Bonchev–Trinajstić information content (AvgIpc) is 2.96. The van der Waals surface area contributed by atoms with Gasteiger partial charge in [-0.3, -0.25) is 9.69 Å². The number of aliphatic hydroxyl groups is 1. The number of carbonyl (C=O) groups is 1. The van der Waals surface area contributed by atoms with E-state index >= 15 is 0 Å². The Morgan fingerprint density at radius 3 is 2.48 bits per heavy atom. The van der Waals surface area contributed by atoms with Crippen LogP contribution in [0.5, 0.6) is 0 Å². The van der Waals surface area contributed by atoms with Crippen molar-refractivity contribution < 1.29 is 18.7 Å². The van der Waals surface area contributed by atoms with Crippen molar-refractivity contribution in [2.24, 2.45) is 0 Å². The third-order valence-electron chi connectivity index (χ3n) is 5.04. The minimum atomic E-state index is -2.88. The fourth-order valence-electron chi connectivity index (χ4n) is 3.62. The summed E-state index contributed by atoms with van der Waals surface area (Å²) in [6.07, 6.45) is -0.219. The summed E-state index contributed by atoms with van der Waals surface area (Å²) in [7, 11) is 0. The van der Waals surface area contributed by atoms with Gasteiger partial charge in [-0.25, -0.2) is 8.78 Å². The summed E-state index contributed by atoms with van der Waals surface area (Å²) in [6, 6.07) is 9.45. The van der Waals surface area contributed by atoms with E-state index in [-0.39, 0.29) is 12.3 Å². The van der Waals surface area contributed by atoms with Crippen molar-refractivity contribution >= 4 is 11.6 Å². The van der Waals surface area contributed by atoms with Crippen molar-refractivity contribution in [3.05, 3.63) is 30.3 Å². The summed E-state index contributed by atoms with van der Waals surface area (Å²) in [4.78, 5) is 17.9. The molecule has 1 atom stereocenters. The largest absolute Gasteiger partial charge is 0.394 e. The van der Waals surface area contributed by atoms with Crippen LogP contribution in [0.3, 0.4) is 0 Å². The second kappa shape index (κ2) is 7.66. The van der Waals surface area contributed by atoms with E-state index in [0.29, 0.717) is 6.54 Å². The number of benzene rings is 1. The lowest BCUT2D eigenvalue weighted by molar-refractivity contribution is -0.134. The minimum Gasteiger partial charge on any atom is -0.394 e. The lowest BCUT2D eigenvalue weighted by Gasteiger charge is -2.36. The van der Waals surface area contributed by atoms with Crippen molar-refractivity contribution in [1.82, 2.24) is 9.80 Å². The molecule has 5 nitrogen and oxygen atoms in total. The van der Waals surface area contributed by atoms with Crippen LogP contribution in [0, 0.1) is 0 Å². The third kappa shape index (κ3) is 4.46. The van der Waals surface area contributed by atoms with Gasteiger partial charge < -0.3 is 14.9 Å². The van der Waals surface area contributed by atoms with E-state index in [4.69, 9.17) is 0 Å². The van der Waals surface area contributed by atoms with E-state index in [2.05, 4.69) is 21.9 Å². The Balaban J connectivity index is 1.45. The molecule has 2 heterocycles. The first-order valence-corrected chi connectivity index (χ1v) is 8.79. The summed E-state index contributed by atoms with van der Waals surface area (Å²) < 4.78 is 26.9. The Morgan fingerprint density at radius 2 is 1.84 bits per heavy atom. The number of nitrogens with zero attached hydrogens (tertiary/aromatic N) is 3. The van der Waals surface area contributed by atoms with Gasteiger partial charge in [0, 0.05) is 51.3 Å². The van der Waals surface area contributed by atoms with Gasteiger partial charge in [0.05, 0.1) is 19.2 Å². The van der Waals surface area contributed by atoms with Crippen LogP contribution >= 0.6 is 0 Å². The van der Waals surface area contributed by atoms with E-state index < -0.39 is 31.5 Å². The number of rotatable bonds is 5. The molecule has 25 heavy (non-hydrogen) atoms. The first kappa shape index (κ1) is 18.1. The highest BCUT2D eigenvalue weighted by Crippen LogP contribution is 2.32. The number of halogens is 2. The first-order chi connectivity index (χ1) is 12.0. The predicted molar refractivity (Wildman–Crippen MR) is 91.9 cm³/mol. The predicted octanol–water partition coefficient (Wildman–Crippen LogP) is 1.43. The van der Waals surface area contributed by atoms with Gasteiger partial charge in [0.2, 0.25) is 5.91 Å². The number of para-hydroxylation sites is 1. The molecule has 1 aromatic rings. The van der Waals surface area contributed by atoms with Crippen LogP contribution in [-0.2, 0) is 4.79 Å². The monoisotopic (exact) mass is 353 g/mol. The highest BCUT2D eigenvalue weighted by Gasteiger charge is 2.46. The summed E-state index contributed by atoms with van der Waals surface area (Å²) in [5.74, 6) is -3.17. The highest BCUT2D eigenvalue weighted by atomic mass is 19.3. The first-order valence-electron chi connectivity index (χ1n) is 8.79. The van der Waals surface area contributed by atoms with Crippen LogP contribution in [0.25, 0.3) is 0 Å². The molecule has 1 amide bonds. The number of alkyl halides is 2. The van der Waals surface area contributed by atoms with Crippen LogP contribution < -0.4 is 4.90 Å². The number of anilines is 1. The lowest BCUT2D eigenvalue weighted by atomic mass is 10.2. The van der Waals surface area contributed by atoms with E-state index in [1.807, 2.05) is 18.2 Å². The van der Waals surface area contributed by atoms with Gasteiger partial charge in [-0.05, 0) is 12.1 Å². The maximum Gasteiger partial charge on any atom is 0.267 e. The van der Waals surface area contributed by atoms with Crippen LogP contribution in [0.4, 0.5) is 14.5 Å². The number of piperazine rings is 1. The molecule has 2 aliphatic rings. The van der Waals surface area contributed by atoms with E-state index in [0.717, 1.165) is 31.1 Å². The number of hydrogen-bond donors (Lipinski definition) is 1. The number of carbonyl (C=O) groups excluding carboxylic acids is 1. The smallest absolute Gasteiger partial charge is 0.267 e. The molecule has 1 N–H and O–H groups in total. The molecule has 0 saturated carbocycles. The molecule has 0 radical (unpaired) electrons. The molecule has 0 aromatic heterocycles. The van der Waals surface area contributed by atoms with Gasteiger partial charge in [0.1, 0.15) is 0 Å². The van der Waals surface area contributed by atoms with E-state index in [1.54, 1.807) is 0 Å². The molecule has 1 unspecified atom stereocenters. The van der Waals surface area contributed by atoms with Crippen molar-refractivity contribution in [1.29, 1.82) is 0 Å². The van der Waals surface area contributed by atoms with Gasteiger partial charge in [-0.1, -0.05) is 18.2 Å². The van der Waals surface area contributed by atoms with Crippen molar-refractivity contribution in [3.63, 3.8) is 0 Å². The zero-order valence-corrected chi connectivity index (χ0v) is 14.3. The Kier molecular flexibility index (Phi) is 5.54. The van der Waals surface area contributed by atoms with Crippen molar-refractivity contribution in [3.8, 4) is 0 Å². The molecule has 2 aliphatic heterocycles. The van der Waals surface area contributed by atoms with Gasteiger partial charge in [-0.2, -0.15) is 0 Å². The SMILES string of the molecule is O=C(CCN1CCN(c2ccccc2)CC1)N1CC(F)(F)CC1CO. The normalized spacial score (nSPS) is 23.9. The standard InChI is InChI=1S/C18H25F2N3O2/c19-18(20)12-16(13-24)23(14-18)17(25)6-7-21-8-10-22(11-9-21)15-4-2-1-3-5-15/h1-5,16,24H,6-14H2. The van der Waals surface area contributed by atoms with Crippen LogP contribution in [0.1, 0.15) is 12.8 Å². The molecule has 7 heteroatoms. The van der Waals surface area contributed by atoms with Gasteiger partial charge in [-0.15, -0.1) is 0 Å². The van der Waals surface area contributed by atoms with Gasteiger partial charge in [0.15, 0.2) is 0 Å². The summed E-state index contributed by atoms with van der Waals surface area (Å²) in [5.41, 5.74) is 1.20. The van der Waals surface area contributed by atoms with Crippen molar-refractivity contribution in [2.45, 2.75) is 24.8 Å². The molecular weight excluding hydrogens is 328 g/mol. The second-order valence-electron chi connectivity index (χ2n) is 6.83. The molecule has 0 aliphatic carbocycles. The number of amides is 1. The second-order valence-corrected chi connectivity index (χ2v) is 6.83. The van der Waals surface area contributed by atoms with E-state index in [9.17, 15) is 18.7 Å². The molecular formula is C18H25F2N3O2. The zero-order chi connectivity index (χ0) is 17.9. The average molecular weight is 353 g/mol. The van der Waals surface area contributed by atoms with Gasteiger partial charge >= 0.3 is 0 Å². The fraction of sp³-hybridized carbons (Fsp3) is 0.611. The molecule has 0 bridgehead atoms. The summed E-state index contributed by atoms with van der Waals surface area (Å²) in [5, 5.41) is 9.23. The Labute approximate surface area is 146 Å². The Bertz CT molecular complexity index is 577. The lowest BCUT2D eigenvalue weighted by Crippen LogP contribution is -2.47. The number of likely N-dealkylation sites (tertiary alicyclic amines) is 1. The maximum atomic E-state index is 13.5. The van der Waals surface area contributed by atoms with Crippen LogP contribution in [-0.4, -0.2) is 78.7 Å².